The number of ether oxygens (including phenoxy) is 2. The molecule has 0 radical (unpaired) electrons. The Bertz CT molecular complexity index is 2540. The summed E-state index contributed by atoms with van der Waals surface area (Å²) in [6.45, 7) is 1.74. The fourth-order valence-corrected chi connectivity index (χ4v) is 9.94. The van der Waals surface area contributed by atoms with Crippen molar-refractivity contribution in [2.75, 3.05) is 76.4 Å². The molecule has 0 N–H and O–H groups in total. The highest BCUT2D eigenvalue weighted by atomic mass is 35.5. The second-order valence-corrected chi connectivity index (χ2v) is 17.8. The summed E-state index contributed by atoms with van der Waals surface area (Å²) in [7, 11) is 3.01. The summed E-state index contributed by atoms with van der Waals surface area (Å²) in [6, 6.07) is 24.7. The molecule has 2 unspecified atom stereocenters. The molecule has 4 heterocycles. The zero-order valence-corrected chi connectivity index (χ0v) is 39.6. The fourth-order valence-electron chi connectivity index (χ4n) is 8.84. The van der Waals surface area contributed by atoms with E-state index in [-0.39, 0.29) is 37.6 Å². The summed E-state index contributed by atoms with van der Waals surface area (Å²) in [6.07, 6.45) is -9.90. The molecular weight excluding hydrogens is 980 g/mol. The number of anilines is 2. The van der Waals surface area contributed by atoms with E-state index in [2.05, 4.69) is 20.0 Å². The van der Waals surface area contributed by atoms with Gasteiger partial charge in [0.2, 0.25) is 0 Å². The Morgan fingerprint density at radius 3 is 1.24 bits per heavy atom. The predicted molar refractivity (Wildman–Crippen MR) is 252 cm³/mol. The molecule has 0 amide bonds. The minimum absolute atomic E-state index is 0.0483. The van der Waals surface area contributed by atoms with Gasteiger partial charge in [0.1, 0.15) is 11.5 Å². The van der Waals surface area contributed by atoms with Crippen LogP contribution in [-0.2, 0) is 30.2 Å². The van der Waals surface area contributed by atoms with Gasteiger partial charge in [-0.2, -0.15) is 36.5 Å². The number of Topliss-reactive ketones (excluding diaryl/α,β-unsaturated/α-hetero) is 1. The van der Waals surface area contributed by atoms with Crippen LogP contribution < -0.4 is 19.3 Å². The Morgan fingerprint density at radius 2 is 0.912 bits per heavy atom. The summed E-state index contributed by atoms with van der Waals surface area (Å²) >= 11 is 25.8. The van der Waals surface area contributed by atoms with Crippen LogP contribution in [0.1, 0.15) is 11.4 Å². The van der Waals surface area contributed by atoms with E-state index in [1.807, 2.05) is 21.9 Å². The molecule has 0 bridgehead atoms. The Balaban J connectivity index is 1.22. The lowest BCUT2D eigenvalue weighted by atomic mass is 9.99. The number of piperazine rings is 2. The molecule has 4 aromatic carbocycles. The molecule has 2 aliphatic rings. The summed E-state index contributed by atoms with van der Waals surface area (Å²) in [5, 5.41) is 7.61. The molecule has 0 aliphatic carbocycles. The van der Waals surface area contributed by atoms with Gasteiger partial charge in [-0.25, -0.2) is 0 Å². The monoisotopic (exact) mass is 1020 g/mol. The van der Waals surface area contributed by atoms with Crippen LogP contribution in [0.3, 0.4) is 0 Å². The minimum Gasteiger partial charge on any atom is -0.495 e. The van der Waals surface area contributed by atoms with Crippen molar-refractivity contribution in [2.45, 2.75) is 37.5 Å². The van der Waals surface area contributed by atoms with Crippen LogP contribution >= 0.6 is 46.4 Å². The maximum absolute atomic E-state index is 15.9. The van der Waals surface area contributed by atoms with Crippen LogP contribution in [-0.4, -0.2) is 114 Å². The molecule has 2 aromatic heterocycles. The highest BCUT2D eigenvalue weighted by Crippen LogP contribution is 2.42. The topological polar surface area (TPSA) is 84.1 Å². The van der Waals surface area contributed by atoms with E-state index in [1.54, 1.807) is 84.9 Å². The summed E-state index contributed by atoms with van der Waals surface area (Å²) in [5.41, 5.74) is -0.484. The van der Waals surface area contributed by atoms with Gasteiger partial charge >= 0.3 is 12.4 Å². The van der Waals surface area contributed by atoms with Gasteiger partial charge in [0, 0.05) is 87.0 Å². The Hall–Kier alpha value is -5.17. The van der Waals surface area contributed by atoms with Crippen molar-refractivity contribution in [3.05, 3.63) is 129 Å². The first kappa shape index (κ1) is 49.3. The number of aromatic nitrogens is 4. The Kier molecular flexibility index (Phi) is 14.8. The van der Waals surface area contributed by atoms with Crippen molar-refractivity contribution >= 4 is 63.6 Å². The number of halogens is 10. The molecule has 6 aromatic rings. The van der Waals surface area contributed by atoms with E-state index in [4.69, 9.17) is 55.9 Å². The SMILES string of the molecule is COc1cc(N2CCN(C(Cn3nc(C(F)(F)F)c(Cl)c3-c3ccccc3)C(=O)C(Cn3nc(C(F)(F)F)c(Cl)c3-c3ccccc3)N3CCN(c4ccc(Cl)c(OC)c4)CC3)CC2)ccc1Cl. The van der Waals surface area contributed by atoms with Crippen molar-refractivity contribution < 1.29 is 40.6 Å². The highest BCUT2D eigenvalue weighted by molar-refractivity contribution is 6.34. The Labute approximate surface area is 408 Å². The quantitative estimate of drug-likeness (QED) is 0.0991. The predicted octanol–water partition coefficient (Wildman–Crippen LogP) is 10.7. The second kappa shape index (κ2) is 20.4. The van der Waals surface area contributed by atoms with Crippen LogP contribution in [0.5, 0.6) is 11.5 Å². The first-order valence-corrected chi connectivity index (χ1v) is 22.9. The van der Waals surface area contributed by atoms with Crippen molar-refractivity contribution in [1.29, 1.82) is 0 Å². The smallest absolute Gasteiger partial charge is 0.436 e. The zero-order valence-electron chi connectivity index (χ0n) is 36.5. The van der Waals surface area contributed by atoms with Gasteiger partial charge in [-0.3, -0.25) is 24.0 Å². The number of alkyl halides is 6. The van der Waals surface area contributed by atoms with Gasteiger partial charge in [-0.15, -0.1) is 0 Å². The number of nitrogens with zero attached hydrogens (tertiary/aromatic N) is 8. The van der Waals surface area contributed by atoms with Crippen molar-refractivity contribution in [3.63, 3.8) is 0 Å². The second-order valence-electron chi connectivity index (χ2n) is 16.2. The first-order chi connectivity index (χ1) is 32.5. The van der Waals surface area contributed by atoms with E-state index in [9.17, 15) is 26.3 Å². The molecule has 2 aliphatic heterocycles. The van der Waals surface area contributed by atoms with Gasteiger partial charge in [0.25, 0.3) is 0 Å². The fraction of sp³-hybridized carbons (Fsp3) is 0.340. The van der Waals surface area contributed by atoms with Crippen molar-refractivity contribution in [2.24, 2.45) is 0 Å². The number of hydrogen-bond donors (Lipinski definition) is 0. The van der Waals surface area contributed by atoms with E-state index in [0.29, 0.717) is 58.9 Å². The molecule has 11 nitrogen and oxygen atoms in total. The molecule has 21 heteroatoms. The molecule has 2 atom stereocenters. The largest absolute Gasteiger partial charge is 0.495 e. The van der Waals surface area contributed by atoms with Crippen LogP contribution in [0, 0.1) is 0 Å². The third-order valence-corrected chi connectivity index (χ3v) is 13.6. The minimum atomic E-state index is -4.95. The Morgan fingerprint density at radius 1 is 0.559 bits per heavy atom. The summed E-state index contributed by atoms with van der Waals surface area (Å²) in [5.74, 6) is 0.445. The first-order valence-electron chi connectivity index (χ1n) is 21.4. The molecule has 360 valence electrons. The normalized spacial score (nSPS) is 16.2. The standard InChI is InChI=1S/C47H44Cl4F6N8O3/c1-67-37-25-31(13-15-33(37)48)60-17-21-62(22-18-60)35(27-64-41(29-9-5-3-6-10-29)39(50)44(58-64)46(52,53)54)43(66)36(63-23-19-61(20-24-63)32-14-16-34(49)38(26-32)68-2)28-65-42(30-11-7-4-8-12-30)40(51)45(59-65)47(55,56)57/h3-16,25-26,35-36H,17-24,27-28H2,1-2H3. The number of carbonyl (C=O) groups excluding carboxylic acids is 1. The molecule has 0 spiro atoms. The van der Waals surface area contributed by atoms with Crippen LogP contribution in [0.15, 0.2) is 97.1 Å². The summed E-state index contributed by atoms with van der Waals surface area (Å²) < 4.78 is 101. The van der Waals surface area contributed by atoms with E-state index in [1.165, 1.54) is 14.2 Å². The lowest BCUT2D eigenvalue weighted by molar-refractivity contribution is -0.142. The number of benzene rings is 4. The van der Waals surface area contributed by atoms with Crippen molar-refractivity contribution in [3.8, 4) is 34.0 Å². The molecule has 8 rings (SSSR count). The summed E-state index contributed by atoms with van der Waals surface area (Å²) in [4.78, 5) is 23.8. The van der Waals surface area contributed by atoms with E-state index < -0.39 is 64.7 Å². The lowest BCUT2D eigenvalue weighted by Crippen LogP contribution is -2.61. The molecule has 2 fully saturated rings. The maximum atomic E-state index is 15.9. The van der Waals surface area contributed by atoms with Crippen LogP contribution in [0.25, 0.3) is 22.5 Å². The number of hydrogen-bond acceptors (Lipinski definition) is 9. The molecule has 0 saturated carbocycles. The third-order valence-electron chi connectivity index (χ3n) is 12.3. The third kappa shape index (κ3) is 10.4. The van der Waals surface area contributed by atoms with Crippen LogP contribution in [0.4, 0.5) is 37.7 Å². The van der Waals surface area contributed by atoms with E-state index >= 15 is 4.79 Å². The van der Waals surface area contributed by atoms with Gasteiger partial charge in [0.05, 0.1) is 70.9 Å². The number of rotatable bonds is 14. The van der Waals surface area contributed by atoms with Gasteiger partial charge in [-0.1, -0.05) is 107 Å². The van der Waals surface area contributed by atoms with Gasteiger partial charge in [-0.05, 0) is 24.3 Å². The molecular formula is C47H44Cl4F6N8O3. The van der Waals surface area contributed by atoms with E-state index in [0.717, 1.165) is 20.7 Å². The number of methoxy groups -OCH3 is 2. The van der Waals surface area contributed by atoms with Gasteiger partial charge < -0.3 is 19.3 Å². The van der Waals surface area contributed by atoms with Gasteiger partial charge in [0.15, 0.2) is 17.2 Å². The highest BCUT2D eigenvalue weighted by Gasteiger charge is 2.44. The lowest BCUT2D eigenvalue weighted by Gasteiger charge is -2.44. The molecule has 68 heavy (non-hydrogen) atoms. The number of ketones is 1. The van der Waals surface area contributed by atoms with Crippen LogP contribution in [0.2, 0.25) is 20.1 Å². The average molecular weight is 1020 g/mol. The van der Waals surface area contributed by atoms with Crippen molar-refractivity contribution in [1.82, 2.24) is 29.4 Å². The maximum Gasteiger partial charge on any atom is 0.436 e. The zero-order chi connectivity index (χ0) is 48.5. The number of carbonyl (C=O) groups is 1. The molecule has 2 saturated heterocycles. The average Bonchev–Trinajstić information content (AvgIpc) is 3.86.